The summed E-state index contributed by atoms with van der Waals surface area (Å²) in [6.07, 6.45) is 1.36. The van der Waals surface area contributed by atoms with Gasteiger partial charge in [-0.05, 0) is 49.2 Å². The van der Waals surface area contributed by atoms with E-state index in [0.717, 1.165) is 0 Å². The zero-order valence-electron chi connectivity index (χ0n) is 14.7. The summed E-state index contributed by atoms with van der Waals surface area (Å²) >= 11 is 0. The number of nitrogens with one attached hydrogen (secondary N) is 1. The van der Waals surface area contributed by atoms with Crippen molar-refractivity contribution in [3.05, 3.63) is 53.6 Å². The normalized spacial score (nSPS) is 16.2. The van der Waals surface area contributed by atoms with Crippen LogP contribution in [0.1, 0.15) is 33.6 Å². The van der Waals surface area contributed by atoms with E-state index in [0.29, 0.717) is 48.6 Å². The quantitative estimate of drug-likeness (QED) is 0.867. The Morgan fingerprint density at radius 3 is 2.56 bits per heavy atom. The number of piperidine rings is 1. The molecule has 0 bridgehead atoms. The molecule has 7 heteroatoms. The van der Waals surface area contributed by atoms with Crippen LogP contribution in [-0.2, 0) is 0 Å². The van der Waals surface area contributed by atoms with E-state index in [1.807, 2.05) is 0 Å². The van der Waals surface area contributed by atoms with Gasteiger partial charge in [-0.1, -0.05) is 6.07 Å². The van der Waals surface area contributed by atoms with Gasteiger partial charge in [0.25, 0.3) is 11.8 Å². The molecular formula is C20H20N2O5. The van der Waals surface area contributed by atoms with Crippen LogP contribution in [0.4, 0.5) is 0 Å². The SMILES string of the molecule is O=C(NC1CCN(C(=O)c2cccc(O)c2)CC1)c1ccc2c(c1)OCO2. The highest BCUT2D eigenvalue weighted by atomic mass is 16.7. The highest BCUT2D eigenvalue weighted by molar-refractivity contribution is 5.95. The van der Waals surface area contributed by atoms with E-state index in [2.05, 4.69) is 5.32 Å². The number of hydrogen-bond acceptors (Lipinski definition) is 5. The molecule has 2 aromatic rings. The van der Waals surface area contributed by atoms with Gasteiger partial charge in [-0.25, -0.2) is 0 Å². The number of phenolic OH excluding ortho intramolecular Hbond substituents is 1. The lowest BCUT2D eigenvalue weighted by molar-refractivity contribution is 0.0697. The first-order valence-corrected chi connectivity index (χ1v) is 8.89. The van der Waals surface area contributed by atoms with Crippen LogP contribution < -0.4 is 14.8 Å². The van der Waals surface area contributed by atoms with Crippen molar-refractivity contribution in [2.24, 2.45) is 0 Å². The molecule has 0 unspecified atom stereocenters. The van der Waals surface area contributed by atoms with E-state index >= 15 is 0 Å². The number of aromatic hydroxyl groups is 1. The molecule has 2 aliphatic rings. The van der Waals surface area contributed by atoms with Gasteiger partial charge < -0.3 is 24.8 Å². The number of ether oxygens (including phenoxy) is 2. The number of amides is 2. The topological polar surface area (TPSA) is 88.1 Å². The van der Waals surface area contributed by atoms with Crippen LogP contribution >= 0.6 is 0 Å². The monoisotopic (exact) mass is 368 g/mol. The number of benzene rings is 2. The van der Waals surface area contributed by atoms with Gasteiger partial charge in [-0.2, -0.15) is 0 Å². The number of carbonyl (C=O) groups excluding carboxylic acids is 2. The third-order valence-electron chi connectivity index (χ3n) is 4.85. The largest absolute Gasteiger partial charge is 0.508 e. The molecule has 140 valence electrons. The maximum Gasteiger partial charge on any atom is 0.253 e. The minimum absolute atomic E-state index is 0.0103. The third-order valence-corrected chi connectivity index (χ3v) is 4.85. The van der Waals surface area contributed by atoms with Crippen molar-refractivity contribution < 1.29 is 24.2 Å². The number of hydrogen-bond donors (Lipinski definition) is 2. The van der Waals surface area contributed by atoms with E-state index in [1.54, 1.807) is 35.2 Å². The van der Waals surface area contributed by atoms with Crippen LogP contribution in [0.2, 0.25) is 0 Å². The van der Waals surface area contributed by atoms with Gasteiger partial charge in [-0.3, -0.25) is 9.59 Å². The van der Waals surface area contributed by atoms with Crippen molar-refractivity contribution in [2.75, 3.05) is 19.9 Å². The second kappa shape index (κ2) is 7.19. The lowest BCUT2D eigenvalue weighted by Gasteiger charge is -2.32. The van der Waals surface area contributed by atoms with Crippen LogP contribution in [-0.4, -0.2) is 47.7 Å². The van der Waals surface area contributed by atoms with E-state index in [4.69, 9.17) is 9.47 Å². The van der Waals surface area contributed by atoms with Crippen LogP contribution in [0, 0.1) is 0 Å². The number of nitrogens with zero attached hydrogens (tertiary/aromatic N) is 1. The molecular weight excluding hydrogens is 348 g/mol. The second-order valence-corrected chi connectivity index (χ2v) is 6.66. The highest BCUT2D eigenvalue weighted by Crippen LogP contribution is 2.32. The molecule has 2 N–H and O–H groups in total. The zero-order chi connectivity index (χ0) is 18.8. The maximum atomic E-state index is 12.5. The summed E-state index contributed by atoms with van der Waals surface area (Å²) in [4.78, 5) is 26.7. The summed E-state index contributed by atoms with van der Waals surface area (Å²) in [6.45, 7) is 1.28. The molecule has 0 aliphatic carbocycles. The van der Waals surface area contributed by atoms with Gasteiger partial charge in [0.15, 0.2) is 11.5 Å². The average Bonchev–Trinajstić information content (AvgIpc) is 3.16. The fourth-order valence-corrected chi connectivity index (χ4v) is 3.35. The molecule has 2 amide bonds. The predicted octanol–water partition coefficient (Wildman–Crippen LogP) is 2.16. The van der Waals surface area contributed by atoms with E-state index < -0.39 is 0 Å². The van der Waals surface area contributed by atoms with E-state index in [-0.39, 0.29) is 30.4 Å². The van der Waals surface area contributed by atoms with Gasteiger partial charge in [0.2, 0.25) is 6.79 Å². The van der Waals surface area contributed by atoms with Gasteiger partial charge in [0.1, 0.15) is 5.75 Å². The molecule has 7 nitrogen and oxygen atoms in total. The number of carbonyl (C=O) groups is 2. The Labute approximate surface area is 156 Å². The molecule has 1 saturated heterocycles. The van der Waals surface area contributed by atoms with Crippen LogP contribution in [0.25, 0.3) is 0 Å². The lowest BCUT2D eigenvalue weighted by Crippen LogP contribution is -2.46. The van der Waals surface area contributed by atoms with Gasteiger partial charge in [0, 0.05) is 30.3 Å². The number of likely N-dealkylation sites (tertiary alicyclic amines) is 1. The first kappa shape index (κ1) is 17.2. The fraction of sp³-hybridized carbons (Fsp3) is 0.300. The van der Waals surface area contributed by atoms with E-state index in [1.165, 1.54) is 12.1 Å². The minimum atomic E-state index is -0.161. The molecule has 4 rings (SSSR count). The van der Waals surface area contributed by atoms with Crippen molar-refractivity contribution in [3.63, 3.8) is 0 Å². The first-order chi connectivity index (χ1) is 13.1. The number of fused-ring (bicyclic) bond motifs is 1. The minimum Gasteiger partial charge on any atom is -0.508 e. The summed E-state index contributed by atoms with van der Waals surface area (Å²) in [5.41, 5.74) is 0.996. The van der Waals surface area contributed by atoms with Gasteiger partial charge >= 0.3 is 0 Å². The molecule has 0 radical (unpaired) electrons. The summed E-state index contributed by atoms with van der Waals surface area (Å²) in [5.74, 6) is 1.03. The Bertz CT molecular complexity index is 874. The smallest absolute Gasteiger partial charge is 0.253 e. The molecule has 0 saturated carbocycles. The Balaban J connectivity index is 1.33. The predicted molar refractivity (Wildman–Crippen MR) is 97.1 cm³/mol. The van der Waals surface area contributed by atoms with Crippen LogP contribution in [0.15, 0.2) is 42.5 Å². The summed E-state index contributed by atoms with van der Waals surface area (Å²) < 4.78 is 10.6. The molecule has 2 aliphatic heterocycles. The van der Waals surface area contributed by atoms with Crippen molar-refractivity contribution >= 4 is 11.8 Å². The summed E-state index contributed by atoms with van der Waals surface area (Å²) in [6, 6.07) is 11.5. The Kier molecular flexibility index (Phi) is 4.58. The molecule has 0 spiro atoms. The van der Waals surface area contributed by atoms with Crippen molar-refractivity contribution in [2.45, 2.75) is 18.9 Å². The highest BCUT2D eigenvalue weighted by Gasteiger charge is 2.25. The van der Waals surface area contributed by atoms with Crippen molar-refractivity contribution in [1.82, 2.24) is 10.2 Å². The van der Waals surface area contributed by atoms with Gasteiger partial charge in [-0.15, -0.1) is 0 Å². The van der Waals surface area contributed by atoms with Crippen molar-refractivity contribution in [1.29, 1.82) is 0 Å². The first-order valence-electron chi connectivity index (χ1n) is 8.89. The Hall–Kier alpha value is -3.22. The Morgan fingerprint density at radius 1 is 1.00 bits per heavy atom. The molecule has 0 atom stereocenters. The average molecular weight is 368 g/mol. The van der Waals surface area contributed by atoms with E-state index in [9.17, 15) is 14.7 Å². The zero-order valence-corrected chi connectivity index (χ0v) is 14.7. The van der Waals surface area contributed by atoms with Gasteiger partial charge in [0.05, 0.1) is 0 Å². The van der Waals surface area contributed by atoms with Crippen LogP contribution in [0.3, 0.4) is 0 Å². The molecule has 27 heavy (non-hydrogen) atoms. The van der Waals surface area contributed by atoms with Crippen molar-refractivity contribution in [3.8, 4) is 17.2 Å². The summed E-state index contributed by atoms with van der Waals surface area (Å²) in [7, 11) is 0. The lowest BCUT2D eigenvalue weighted by atomic mass is 10.0. The molecule has 0 aromatic heterocycles. The molecule has 2 heterocycles. The Morgan fingerprint density at radius 2 is 1.78 bits per heavy atom. The summed E-state index contributed by atoms with van der Waals surface area (Å²) in [5, 5.41) is 12.6. The van der Waals surface area contributed by atoms with Crippen LogP contribution in [0.5, 0.6) is 17.2 Å². The number of phenols is 1. The fourth-order valence-electron chi connectivity index (χ4n) is 3.35. The molecule has 2 aromatic carbocycles. The third kappa shape index (κ3) is 3.67. The second-order valence-electron chi connectivity index (χ2n) is 6.66. The number of rotatable bonds is 3. The standard InChI is InChI=1S/C20H20N2O5/c23-16-3-1-2-14(10-16)20(25)22-8-6-15(7-9-22)21-19(24)13-4-5-17-18(11-13)27-12-26-17/h1-5,10-11,15,23H,6-9,12H2,(H,21,24). The molecule has 1 fully saturated rings. The maximum absolute atomic E-state index is 12.5.